The van der Waals surface area contributed by atoms with Gasteiger partial charge in [-0.3, -0.25) is 9.48 Å². The lowest BCUT2D eigenvalue weighted by Crippen LogP contribution is -2.39. The normalized spacial score (nSPS) is 14.9. The molecule has 1 fully saturated rings. The lowest BCUT2D eigenvalue weighted by atomic mass is 10.0. The monoisotopic (exact) mass is 383 g/mol. The van der Waals surface area contributed by atoms with Crippen LogP contribution in [-0.4, -0.2) is 46.3 Å². The molecule has 1 aromatic carbocycles. The first-order valence-electron chi connectivity index (χ1n) is 10.1. The molecule has 1 saturated heterocycles. The van der Waals surface area contributed by atoms with Gasteiger partial charge in [0, 0.05) is 24.3 Å². The van der Waals surface area contributed by atoms with E-state index in [1.54, 1.807) is 6.92 Å². The third-order valence-electron chi connectivity index (χ3n) is 5.20. The van der Waals surface area contributed by atoms with Crippen molar-refractivity contribution in [1.29, 1.82) is 0 Å². The summed E-state index contributed by atoms with van der Waals surface area (Å²) >= 11 is 0. The van der Waals surface area contributed by atoms with Crippen LogP contribution < -0.4 is 0 Å². The number of ether oxygens (including phenoxy) is 1. The zero-order chi connectivity index (χ0) is 20.1. The highest BCUT2D eigenvalue weighted by atomic mass is 16.5. The highest BCUT2D eigenvalue weighted by molar-refractivity contribution is 5.94. The fourth-order valence-electron chi connectivity index (χ4n) is 3.69. The number of piperidine rings is 1. The van der Waals surface area contributed by atoms with Crippen LogP contribution in [0.1, 0.15) is 71.3 Å². The molecule has 1 aliphatic heterocycles. The number of hydrogen-bond donors (Lipinski definition) is 0. The summed E-state index contributed by atoms with van der Waals surface area (Å²) in [6.45, 7) is 7.65. The molecule has 0 bridgehead atoms. The standard InChI is InChI=1S/C22H29N3O3/c1-4-6-19-15-20(22(27)28-5-2)23-25(19)18-11-13-24(14-12-18)21(26)17-9-7-16(3)8-10-17/h7-10,15,18H,4-6,11-14H2,1-3H3. The van der Waals surface area contributed by atoms with Gasteiger partial charge >= 0.3 is 5.97 Å². The van der Waals surface area contributed by atoms with Gasteiger partial charge in [0.2, 0.25) is 0 Å². The highest BCUT2D eigenvalue weighted by Gasteiger charge is 2.27. The number of nitrogens with zero attached hydrogens (tertiary/aromatic N) is 3. The molecule has 1 aliphatic rings. The maximum Gasteiger partial charge on any atom is 0.358 e. The summed E-state index contributed by atoms with van der Waals surface area (Å²) < 4.78 is 7.09. The first kappa shape index (κ1) is 20.1. The average Bonchev–Trinajstić information content (AvgIpc) is 3.13. The van der Waals surface area contributed by atoms with Gasteiger partial charge in [-0.1, -0.05) is 31.0 Å². The smallest absolute Gasteiger partial charge is 0.358 e. The van der Waals surface area contributed by atoms with E-state index in [2.05, 4.69) is 12.0 Å². The quantitative estimate of drug-likeness (QED) is 0.712. The summed E-state index contributed by atoms with van der Waals surface area (Å²) in [6.07, 6.45) is 3.52. The zero-order valence-corrected chi connectivity index (χ0v) is 17.0. The molecular formula is C22H29N3O3. The number of carbonyl (C=O) groups excluding carboxylic acids is 2. The number of benzene rings is 1. The number of aryl methyl sites for hydroxylation is 2. The number of likely N-dealkylation sites (tertiary alicyclic amines) is 1. The molecule has 6 heteroatoms. The molecule has 0 N–H and O–H groups in total. The van der Waals surface area contributed by atoms with Gasteiger partial charge in [-0.15, -0.1) is 0 Å². The van der Waals surface area contributed by atoms with Gasteiger partial charge in [-0.2, -0.15) is 5.10 Å². The van der Waals surface area contributed by atoms with E-state index < -0.39 is 0 Å². The number of hydrogen-bond acceptors (Lipinski definition) is 4. The van der Waals surface area contributed by atoms with E-state index in [4.69, 9.17) is 4.74 Å². The Hall–Kier alpha value is -2.63. The molecule has 0 saturated carbocycles. The predicted molar refractivity (Wildman–Crippen MR) is 108 cm³/mol. The Labute approximate surface area is 166 Å². The Bertz CT molecular complexity index is 818. The predicted octanol–water partition coefficient (Wildman–Crippen LogP) is 3.80. The van der Waals surface area contributed by atoms with Crippen molar-refractivity contribution in [3.8, 4) is 0 Å². The van der Waals surface area contributed by atoms with Crippen LogP contribution in [0.25, 0.3) is 0 Å². The number of esters is 1. The molecule has 1 amide bonds. The second-order valence-electron chi connectivity index (χ2n) is 7.33. The fraction of sp³-hybridized carbons (Fsp3) is 0.500. The van der Waals surface area contributed by atoms with Crippen molar-refractivity contribution in [1.82, 2.24) is 14.7 Å². The molecule has 0 unspecified atom stereocenters. The molecule has 0 aliphatic carbocycles. The van der Waals surface area contributed by atoms with E-state index in [-0.39, 0.29) is 17.9 Å². The molecule has 150 valence electrons. The number of rotatable bonds is 6. The van der Waals surface area contributed by atoms with E-state index in [1.807, 2.05) is 46.8 Å². The summed E-state index contributed by atoms with van der Waals surface area (Å²) in [5, 5.41) is 4.55. The molecule has 2 heterocycles. The number of amides is 1. The molecule has 28 heavy (non-hydrogen) atoms. The molecule has 2 aromatic rings. The van der Waals surface area contributed by atoms with Gasteiger partial charge < -0.3 is 9.64 Å². The summed E-state index contributed by atoms with van der Waals surface area (Å²) in [6, 6.07) is 9.78. The van der Waals surface area contributed by atoms with Crippen molar-refractivity contribution in [2.45, 2.75) is 52.5 Å². The highest BCUT2D eigenvalue weighted by Crippen LogP contribution is 2.26. The molecule has 0 atom stereocenters. The molecular weight excluding hydrogens is 354 g/mol. The van der Waals surface area contributed by atoms with Gasteiger partial charge in [0.15, 0.2) is 5.69 Å². The lowest BCUT2D eigenvalue weighted by molar-refractivity contribution is 0.0517. The van der Waals surface area contributed by atoms with Crippen LogP contribution in [0.15, 0.2) is 30.3 Å². The summed E-state index contributed by atoms with van der Waals surface area (Å²) in [4.78, 5) is 26.7. The third kappa shape index (κ3) is 4.43. The van der Waals surface area contributed by atoms with Crippen LogP contribution in [0.4, 0.5) is 0 Å². The largest absolute Gasteiger partial charge is 0.461 e. The Balaban J connectivity index is 1.69. The molecule has 0 radical (unpaired) electrons. The second-order valence-corrected chi connectivity index (χ2v) is 7.33. The van der Waals surface area contributed by atoms with Crippen LogP contribution in [0.3, 0.4) is 0 Å². The molecule has 0 spiro atoms. The first-order valence-corrected chi connectivity index (χ1v) is 10.1. The van der Waals surface area contributed by atoms with Crippen molar-refractivity contribution >= 4 is 11.9 Å². The zero-order valence-electron chi connectivity index (χ0n) is 17.0. The van der Waals surface area contributed by atoms with Crippen molar-refractivity contribution < 1.29 is 14.3 Å². The van der Waals surface area contributed by atoms with Crippen LogP contribution in [0, 0.1) is 6.92 Å². The SMILES string of the molecule is CCCc1cc(C(=O)OCC)nn1C1CCN(C(=O)c2ccc(C)cc2)CC1. The number of aromatic nitrogens is 2. The van der Waals surface area contributed by atoms with Gasteiger partial charge in [-0.05, 0) is 51.3 Å². The summed E-state index contributed by atoms with van der Waals surface area (Å²) in [5.41, 5.74) is 3.33. The Morgan fingerprint density at radius 1 is 1.14 bits per heavy atom. The first-order chi connectivity index (χ1) is 13.5. The minimum Gasteiger partial charge on any atom is -0.461 e. The third-order valence-corrected chi connectivity index (χ3v) is 5.20. The Kier molecular flexibility index (Phi) is 6.49. The van der Waals surface area contributed by atoms with Crippen molar-refractivity contribution in [3.63, 3.8) is 0 Å². The maximum absolute atomic E-state index is 12.7. The van der Waals surface area contributed by atoms with Crippen molar-refractivity contribution in [3.05, 3.63) is 52.8 Å². The van der Waals surface area contributed by atoms with E-state index in [9.17, 15) is 9.59 Å². The fourth-order valence-corrected chi connectivity index (χ4v) is 3.69. The van der Waals surface area contributed by atoms with Crippen LogP contribution in [-0.2, 0) is 11.2 Å². The topological polar surface area (TPSA) is 64.4 Å². The van der Waals surface area contributed by atoms with Gasteiger partial charge in [0.05, 0.1) is 12.6 Å². The van der Waals surface area contributed by atoms with Gasteiger partial charge in [0.25, 0.3) is 5.91 Å². The van der Waals surface area contributed by atoms with Crippen LogP contribution in [0.5, 0.6) is 0 Å². The van der Waals surface area contributed by atoms with Crippen LogP contribution in [0.2, 0.25) is 0 Å². The van der Waals surface area contributed by atoms with E-state index in [0.717, 1.165) is 42.5 Å². The molecule has 3 rings (SSSR count). The Morgan fingerprint density at radius 2 is 1.82 bits per heavy atom. The van der Waals surface area contributed by atoms with Crippen molar-refractivity contribution in [2.75, 3.05) is 19.7 Å². The van der Waals surface area contributed by atoms with E-state index in [0.29, 0.717) is 25.4 Å². The average molecular weight is 383 g/mol. The maximum atomic E-state index is 12.7. The molecule has 6 nitrogen and oxygen atoms in total. The summed E-state index contributed by atoms with van der Waals surface area (Å²) in [7, 11) is 0. The van der Waals surface area contributed by atoms with E-state index >= 15 is 0 Å². The number of carbonyl (C=O) groups is 2. The summed E-state index contributed by atoms with van der Waals surface area (Å²) in [5.74, 6) is -0.287. The lowest BCUT2D eigenvalue weighted by Gasteiger charge is -2.33. The van der Waals surface area contributed by atoms with Crippen molar-refractivity contribution in [2.24, 2.45) is 0 Å². The Morgan fingerprint density at radius 3 is 2.43 bits per heavy atom. The minimum atomic E-state index is -0.370. The van der Waals surface area contributed by atoms with Gasteiger partial charge in [0.1, 0.15) is 0 Å². The van der Waals surface area contributed by atoms with Crippen LogP contribution >= 0.6 is 0 Å². The molecule has 1 aromatic heterocycles. The second kappa shape index (κ2) is 9.04. The van der Waals surface area contributed by atoms with Gasteiger partial charge in [-0.25, -0.2) is 4.79 Å². The minimum absolute atomic E-state index is 0.0832. The van der Waals surface area contributed by atoms with E-state index in [1.165, 1.54) is 0 Å².